The third kappa shape index (κ3) is 5.51. The van der Waals surface area contributed by atoms with Crippen molar-refractivity contribution in [1.29, 1.82) is 0 Å². The Labute approximate surface area is 365 Å². The molecule has 12 rings (SSSR count). The van der Waals surface area contributed by atoms with E-state index in [0.717, 1.165) is 49.8 Å². The zero-order valence-corrected chi connectivity index (χ0v) is 34.3. The summed E-state index contributed by atoms with van der Waals surface area (Å²) in [6.45, 7) is 0. The largest absolute Gasteiger partial charge is 0.456 e. The van der Waals surface area contributed by atoms with Gasteiger partial charge in [-0.15, -0.1) is 0 Å². The second kappa shape index (κ2) is 14.8. The first-order valence-electron chi connectivity index (χ1n) is 21.4. The molecule has 1 aliphatic carbocycles. The molecule has 0 amide bonds. The molecule has 0 atom stereocenters. The molecular formula is C59H39N3O. The summed E-state index contributed by atoms with van der Waals surface area (Å²) >= 11 is 0. The van der Waals surface area contributed by atoms with Gasteiger partial charge in [0.05, 0.1) is 10.8 Å². The van der Waals surface area contributed by atoms with E-state index in [1.54, 1.807) is 0 Å². The molecule has 4 nitrogen and oxygen atoms in total. The fraction of sp³-hybridized carbons (Fsp3) is 0.0339. The predicted molar refractivity (Wildman–Crippen MR) is 254 cm³/mol. The smallest absolute Gasteiger partial charge is 0.164 e. The summed E-state index contributed by atoms with van der Waals surface area (Å²) in [4.78, 5) is 15.8. The quantitative estimate of drug-likeness (QED) is 0.161. The van der Waals surface area contributed by atoms with Gasteiger partial charge in [-0.3, -0.25) is 0 Å². The highest BCUT2D eigenvalue weighted by molar-refractivity contribution is 6.11. The fourth-order valence-electron chi connectivity index (χ4n) is 10.6. The van der Waals surface area contributed by atoms with Crippen molar-refractivity contribution in [3.8, 4) is 45.3 Å². The zero-order valence-electron chi connectivity index (χ0n) is 34.3. The molecule has 0 saturated carbocycles. The van der Waals surface area contributed by atoms with E-state index in [9.17, 15) is 0 Å². The van der Waals surface area contributed by atoms with Crippen LogP contribution < -0.4 is 0 Å². The normalized spacial score (nSPS) is 13.7. The van der Waals surface area contributed by atoms with Gasteiger partial charge in [0.25, 0.3) is 0 Å². The molecule has 4 heteroatoms. The van der Waals surface area contributed by atoms with Crippen LogP contribution in [0.4, 0.5) is 0 Å². The number of para-hydroxylation sites is 1. The van der Waals surface area contributed by atoms with Crippen molar-refractivity contribution in [3.05, 3.63) is 270 Å². The third-order valence-corrected chi connectivity index (χ3v) is 13.0. The van der Waals surface area contributed by atoms with Gasteiger partial charge in [0.1, 0.15) is 11.2 Å². The average Bonchev–Trinajstić information content (AvgIpc) is 3.76. The minimum absolute atomic E-state index is 0.587. The lowest BCUT2D eigenvalue weighted by Crippen LogP contribution is -2.54. The molecule has 9 aromatic carbocycles. The van der Waals surface area contributed by atoms with Gasteiger partial charge < -0.3 is 4.42 Å². The van der Waals surface area contributed by atoms with Crippen molar-refractivity contribution in [3.63, 3.8) is 0 Å². The summed E-state index contributed by atoms with van der Waals surface area (Å²) < 4.78 is 6.34. The Morgan fingerprint density at radius 3 is 1.35 bits per heavy atom. The first-order valence-corrected chi connectivity index (χ1v) is 21.4. The Hall–Kier alpha value is -8.21. The van der Waals surface area contributed by atoms with E-state index < -0.39 is 10.8 Å². The van der Waals surface area contributed by atoms with Gasteiger partial charge in [0.15, 0.2) is 17.5 Å². The molecule has 2 heterocycles. The van der Waals surface area contributed by atoms with Gasteiger partial charge in [-0.25, -0.2) is 15.0 Å². The van der Waals surface area contributed by atoms with E-state index in [-0.39, 0.29) is 0 Å². The highest BCUT2D eigenvalue weighted by atomic mass is 16.3. The van der Waals surface area contributed by atoms with Crippen molar-refractivity contribution in [1.82, 2.24) is 15.0 Å². The maximum absolute atomic E-state index is 6.34. The lowest BCUT2D eigenvalue weighted by molar-refractivity contribution is 0.415. The molecule has 2 aromatic heterocycles. The molecule has 63 heavy (non-hydrogen) atoms. The fourth-order valence-corrected chi connectivity index (χ4v) is 10.6. The molecule has 0 saturated heterocycles. The van der Waals surface area contributed by atoms with Crippen molar-refractivity contribution in [2.24, 2.45) is 0 Å². The minimum atomic E-state index is -0.752. The summed E-state index contributed by atoms with van der Waals surface area (Å²) in [5.41, 5.74) is 12.4. The van der Waals surface area contributed by atoms with E-state index >= 15 is 0 Å². The Bertz CT molecular complexity index is 3360. The second-order valence-corrected chi connectivity index (χ2v) is 16.2. The molecule has 0 spiro atoms. The van der Waals surface area contributed by atoms with Gasteiger partial charge in [-0.05, 0) is 62.7 Å². The average molecular weight is 806 g/mol. The lowest BCUT2D eigenvalue weighted by atomic mass is 9.43. The van der Waals surface area contributed by atoms with Gasteiger partial charge >= 0.3 is 0 Å². The maximum Gasteiger partial charge on any atom is 0.164 e. The SMILES string of the molecule is c1ccc(-c2nc(-c3ccc4c(c3)-c3ccccc3C(c3ccccc3)(c3ccccc3)C4(c3ccccc3)c3ccccc3)nc(-c3cccc4oc5ccccc5c34)n2)cc1. The molecule has 0 bridgehead atoms. The number of aromatic nitrogens is 3. The monoisotopic (exact) mass is 805 g/mol. The molecule has 0 aliphatic heterocycles. The number of rotatable bonds is 7. The van der Waals surface area contributed by atoms with E-state index in [1.807, 2.05) is 48.5 Å². The number of hydrogen-bond acceptors (Lipinski definition) is 4. The van der Waals surface area contributed by atoms with E-state index in [1.165, 1.54) is 33.4 Å². The Kier molecular flexibility index (Phi) is 8.58. The van der Waals surface area contributed by atoms with Crippen molar-refractivity contribution < 1.29 is 4.42 Å². The minimum Gasteiger partial charge on any atom is -0.456 e. The van der Waals surface area contributed by atoms with Gasteiger partial charge in [0.2, 0.25) is 0 Å². The summed E-state index contributed by atoms with van der Waals surface area (Å²) in [6, 6.07) is 84.7. The standard InChI is InChI=1S/C59H39N3O/c1-6-21-40(22-7-1)55-60-56(62-57(61-55)48-33-20-36-53-54(48)47-32-17-19-35-52(47)63-53)41-37-38-51-49(39-41)46-31-16-18-34-50(46)58(42-23-8-2-9-24-42,43-25-10-3-11-26-43)59(51,44-27-12-4-13-28-44)45-29-14-5-15-30-45/h1-39H. The topological polar surface area (TPSA) is 51.8 Å². The number of benzene rings is 9. The van der Waals surface area contributed by atoms with Crippen LogP contribution in [0.2, 0.25) is 0 Å². The summed E-state index contributed by atoms with van der Waals surface area (Å²) in [6.07, 6.45) is 0. The molecule has 296 valence electrons. The van der Waals surface area contributed by atoms with Crippen LogP contribution >= 0.6 is 0 Å². The summed E-state index contributed by atoms with van der Waals surface area (Å²) in [7, 11) is 0. The number of nitrogens with zero attached hydrogens (tertiary/aromatic N) is 3. The zero-order chi connectivity index (χ0) is 41.8. The Morgan fingerprint density at radius 2 is 0.746 bits per heavy atom. The first kappa shape index (κ1) is 36.6. The summed E-state index contributed by atoms with van der Waals surface area (Å²) in [5.74, 6) is 1.79. The van der Waals surface area contributed by atoms with Crippen LogP contribution in [-0.2, 0) is 10.8 Å². The molecular weight excluding hydrogens is 767 g/mol. The van der Waals surface area contributed by atoms with Crippen LogP contribution in [0.15, 0.2) is 241 Å². The third-order valence-electron chi connectivity index (χ3n) is 13.0. The van der Waals surface area contributed by atoms with Crippen LogP contribution in [0.1, 0.15) is 33.4 Å². The Balaban J connectivity index is 1.19. The van der Waals surface area contributed by atoms with Crippen molar-refractivity contribution >= 4 is 21.9 Å². The van der Waals surface area contributed by atoms with Gasteiger partial charge in [-0.1, -0.05) is 218 Å². The maximum atomic E-state index is 6.34. The van der Waals surface area contributed by atoms with Crippen LogP contribution in [0.5, 0.6) is 0 Å². The number of furan rings is 1. The van der Waals surface area contributed by atoms with Crippen molar-refractivity contribution in [2.75, 3.05) is 0 Å². The Morgan fingerprint density at radius 1 is 0.302 bits per heavy atom. The molecule has 11 aromatic rings. The van der Waals surface area contributed by atoms with Crippen LogP contribution in [-0.4, -0.2) is 15.0 Å². The molecule has 0 unspecified atom stereocenters. The molecule has 0 fully saturated rings. The van der Waals surface area contributed by atoms with Crippen LogP contribution in [0.25, 0.3) is 67.2 Å². The molecule has 0 N–H and O–H groups in total. The second-order valence-electron chi connectivity index (χ2n) is 16.2. The number of hydrogen-bond donors (Lipinski definition) is 0. The molecule has 1 aliphatic rings. The highest BCUT2D eigenvalue weighted by Gasteiger charge is 2.61. The van der Waals surface area contributed by atoms with E-state index in [0.29, 0.717) is 17.5 Å². The predicted octanol–water partition coefficient (Wildman–Crippen LogP) is 14.1. The molecule has 0 radical (unpaired) electrons. The lowest BCUT2D eigenvalue weighted by Gasteiger charge is -2.57. The van der Waals surface area contributed by atoms with E-state index in [4.69, 9.17) is 19.4 Å². The number of fused-ring (bicyclic) bond motifs is 6. The van der Waals surface area contributed by atoms with Crippen LogP contribution in [0, 0.1) is 0 Å². The van der Waals surface area contributed by atoms with Crippen molar-refractivity contribution in [2.45, 2.75) is 10.8 Å². The van der Waals surface area contributed by atoms with Gasteiger partial charge in [-0.2, -0.15) is 0 Å². The van der Waals surface area contributed by atoms with Gasteiger partial charge in [0, 0.05) is 27.5 Å². The highest BCUT2D eigenvalue weighted by Crippen LogP contribution is 2.65. The van der Waals surface area contributed by atoms with E-state index in [2.05, 4.69) is 188 Å². The van der Waals surface area contributed by atoms with Crippen LogP contribution in [0.3, 0.4) is 0 Å². The first-order chi connectivity index (χ1) is 31.2. The summed E-state index contributed by atoms with van der Waals surface area (Å²) in [5, 5.41) is 2.01.